The maximum Gasteiger partial charge on any atom is 0.119 e. The monoisotopic (exact) mass is 318 g/mol. The van der Waals surface area contributed by atoms with Gasteiger partial charge < -0.3 is 4.74 Å². The van der Waals surface area contributed by atoms with Crippen molar-refractivity contribution >= 4 is 15.9 Å². The van der Waals surface area contributed by atoms with Crippen LogP contribution in [0.5, 0.6) is 5.75 Å². The van der Waals surface area contributed by atoms with Crippen LogP contribution in [0.2, 0.25) is 0 Å². The van der Waals surface area contributed by atoms with E-state index in [0.29, 0.717) is 5.92 Å². The van der Waals surface area contributed by atoms with Crippen molar-refractivity contribution in [2.75, 3.05) is 6.61 Å². The average Bonchev–Trinajstić information content (AvgIpc) is 2.40. The molecule has 0 bridgehead atoms. The Morgan fingerprint density at radius 2 is 1.42 bits per heavy atom. The van der Waals surface area contributed by atoms with E-state index >= 15 is 0 Å². The zero-order valence-corrected chi connectivity index (χ0v) is 13.0. The lowest BCUT2D eigenvalue weighted by Gasteiger charge is -2.09. The quantitative estimate of drug-likeness (QED) is 0.703. The van der Waals surface area contributed by atoms with Crippen LogP contribution in [-0.4, -0.2) is 6.61 Å². The smallest absolute Gasteiger partial charge is 0.119 e. The van der Waals surface area contributed by atoms with E-state index in [0.717, 1.165) is 23.2 Å². The Morgan fingerprint density at radius 1 is 0.895 bits per heavy atom. The van der Waals surface area contributed by atoms with Crippen LogP contribution in [0.4, 0.5) is 0 Å². The van der Waals surface area contributed by atoms with Crippen LogP contribution >= 0.6 is 15.9 Å². The average molecular weight is 319 g/mol. The van der Waals surface area contributed by atoms with Gasteiger partial charge in [-0.25, -0.2) is 0 Å². The predicted octanol–water partition coefficient (Wildman–Crippen LogP) is 5.54. The first-order valence-corrected chi connectivity index (χ1v) is 7.43. The summed E-state index contributed by atoms with van der Waals surface area (Å²) in [6, 6.07) is 16.6. The van der Waals surface area contributed by atoms with Crippen molar-refractivity contribution in [3.8, 4) is 16.9 Å². The zero-order chi connectivity index (χ0) is 13.7. The van der Waals surface area contributed by atoms with Crippen molar-refractivity contribution < 1.29 is 4.74 Å². The standard InChI is InChI=1S/C17H19BrO/c1-13(2)11-12-19-17-9-5-15(6-10-17)14-3-7-16(18)8-4-14/h3-10,13H,11-12H2,1-2H3. The second-order valence-electron chi connectivity index (χ2n) is 5.06. The van der Waals surface area contributed by atoms with Crippen molar-refractivity contribution in [2.24, 2.45) is 5.92 Å². The minimum absolute atomic E-state index is 0.682. The van der Waals surface area contributed by atoms with Gasteiger partial charge in [-0.1, -0.05) is 54.0 Å². The Hall–Kier alpha value is -1.28. The molecule has 2 aromatic carbocycles. The second-order valence-corrected chi connectivity index (χ2v) is 5.98. The summed E-state index contributed by atoms with van der Waals surface area (Å²) in [5, 5.41) is 0. The lowest BCUT2D eigenvalue weighted by atomic mass is 10.1. The van der Waals surface area contributed by atoms with E-state index in [2.05, 4.69) is 66.2 Å². The number of hydrogen-bond donors (Lipinski definition) is 0. The second kappa shape index (κ2) is 6.76. The maximum absolute atomic E-state index is 5.72. The molecule has 2 heteroatoms. The summed E-state index contributed by atoms with van der Waals surface area (Å²) < 4.78 is 6.82. The Balaban J connectivity index is 2.00. The fourth-order valence-corrected chi connectivity index (χ4v) is 2.06. The normalized spacial score (nSPS) is 10.7. The molecular formula is C17H19BrO. The van der Waals surface area contributed by atoms with Crippen molar-refractivity contribution in [1.82, 2.24) is 0 Å². The molecule has 0 fully saturated rings. The largest absolute Gasteiger partial charge is 0.494 e. The van der Waals surface area contributed by atoms with Gasteiger partial charge >= 0.3 is 0 Å². The van der Waals surface area contributed by atoms with E-state index in [1.165, 1.54) is 11.1 Å². The highest BCUT2D eigenvalue weighted by Crippen LogP contribution is 2.24. The molecule has 19 heavy (non-hydrogen) atoms. The van der Waals surface area contributed by atoms with Gasteiger partial charge in [0.1, 0.15) is 5.75 Å². The molecule has 0 amide bonds. The SMILES string of the molecule is CC(C)CCOc1ccc(-c2ccc(Br)cc2)cc1. The minimum Gasteiger partial charge on any atom is -0.494 e. The highest BCUT2D eigenvalue weighted by molar-refractivity contribution is 9.10. The Morgan fingerprint density at radius 3 is 1.95 bits per heavy atom. The molecule has 0 aromatic heterocycles. The van der Waals surface area contributed by atoms with Crippen molar-refractivity contribution in [3.05, 3.63) is 53.0 Å². The van der Waals surface area contributed by atoms with Gasteiger partial charge in [0, 0.05) is 4.47 Å². The van der Waals surface area contributed by atoms with E-state index in [-0.39, 0.29) is 0 Å². The Bertz CT molecular complexity index is 500. The van der Waals surface area contributed by atoms with Crippen LogP contribution in [0.15, 0.2) is 53.0 Å². The number of ether oxygens (including phenoxy) is 1. The van der Waals surface area contributed by atoms with Crippen LogP contribution in [-0.2, 0) is 0 Å². The summed E-state index contributed by atoms with van der Waals surface area (Å²) in [5.41, 5.74) is 2.43. The van der Waals surface area contributed by atoms with E-state index < -0.39 is 0 Å². The molecule has 0 unspecified atom stereocenters. The van der Waals surface area contributed by atoms with Gasteiger partial charge in [-0.3, -0.25) is 0 Å². The van der Waals surface area contributed by atoms with E-state index in [9.17, 15) is 0 Å². The fraction of sp³-hybridized carbons (Fsp3) is 0.294. The number of hydrogen-bond acceptors (Lipinski definition) is 1. The van der Waals surface area contributed by atoms with Crippen LogP contribution in [0, 0.1) is 5.92 Å². The van der Waals surface area contributed by atoms with Gasteiger partial charge in [-0.05, 0) is 47.7 Å². The zero-order valence-electron chi connectivity index (χ0n) is 11.4. The molecule has 0 aliphatic heterocycles. The first-order valence-electron chi connectivity index (χ1n) is 6.64. The number of rotatable bonds is 5. The summed E-state index contributed by atoms with van der Waals surface area (Å²) >= 11 is 3.45. The predicted molar refractivity (Wildman–Crippen MR) is 84.5 cm³/mol. The molecule has 2 rings (SSSR count). The molecule has 0 saturated heterocycles. The van der Waals surface area contributed by atoms with Gasteiger partial charge in [0.05, 0.1) is 6.61 Å². The van der Waals surface area contributed by atoms with E-state index in [4.69, 9.17) is 4.74 Å². The van der Waals surface area contributed by atoms with Gasteiger partial charge in [-0.15, -0.1) is 0 Å². The fourth-order valence-electron chi connectivity index (χ4n) is 1.80. The number of benzene rings is 2. The van der Waals surface area contributed by atoms with Gasteiger partial charge in [0.25, 0.3) is 0 Å². The Kier molecular flexibility index (Phi) is 5.03. The molecule has 0 radical (unpaired) electrons. The topological polar surface area (TPSA) is 9.23 Å². The molecule has 2 aromatic rings. The molecule has 0 N–H and O–H groups in total. The first kappa shape index (κ1) is 14.1. The van der Waals surface area contributed by atoms with Gasteiger partial charge in [0.15, 0.2) is 0 Å². The summed E-state index contributed by atoms with van der Waals surface area (Å²) in [6.45, 7) is 5.20. The summed E-state index contributed by atoms with van der Waals surface area (Å²) in [5.74, 6) is 1.63. The Labute approximate surface area is 123 Å². The molecule has 0 atom stereocenters. The molecule has 0 heterocycles. The highest BCUT2D eigenvalue weighted by Gasteiger charge is 2.00. The lowest BCUT2D eigenvalue weighted by Crippen LogP contribution is -2.01. The van der Waals surface area contributed by atoms with Crippen LogP contribution in [0.3, 0.4) is 0 Å². The summed E-state index contributed by atoms with van der Waals surface area (Å²) in [7, 11) is 0. The number of halogens is 1. The van der Waals surface area contributed by atoms with Gasteiger partial charge in [0.2, 0.25) is 0 Å². The van der Waals surface area contributed by atoms with E-state index in [1.807, 2.05) is 12.1 Å². The third kappa shape index (κ3) is 4.39. The molecule has 1 nitrogen and oxygen atoms in total. The molecule has 0 saturated carbocycles. The van der Waals surface area contributed by atoms with Crippen molar-refractivity contribution in [2.45, 2.75) is 20.3 Å². The highest BCUT2D eigenvalue weighted by atomic mass is 79.9. The molecule has 0 spiro atoms. The molecule has 0 aliphatic rings. The van der Waals surface area contributed by atoms with E-state index in [1.54, 1.807) is 0 Å². The molecule has 100 valence electrons. The lowest BCUT2D eigenvalue weighted by molar-refractivity contribution is 0.289. The van der Waals surface area contributed by atoms with Crippen LogP contribution in [0.25, 0.3) is 11.1 Å². The first-order chi connectivity index (χ1) is 9.15. The van der Waals surface area contributed by atoms with Gasteiger partial charge in [-0.2, -0.15) is 0 Å². The maximum atomic E-state index is 5.72. The van der Waals surface area contributed by atoms with Crippen molar-refractivity contribution in [1.29, 1.82) is 0 Å². The molecular weight excluding hydrogens is 300 g/mol. The summed E-state index contributed by atoms with van der Waals surface area (Å²) in [6.07, 6.45) is 1.09. The van der Waals surface area contributed by atoms with Crippen molar-refractivity contribution in [3.63, 3.8) is 0 Å². The minimum atomic E-state index is 0.682. The summed E-state index contributed by atoms with van der Waals surface area (Å²) in [4.78, 5) is 0. The molecule has 0 aliphatic carbocycles. The van der Waals surface area contributed by atoms with Crippen LogP contribution in [0.1, 0.15) is 20.3 Å². The third-order valence-corrected chi connectivity index (χ3v) is 3.52. The van der Waals surface area contributed by atoms with Crippen LogP contribution < -0.4 is 4.74 Å². The third-order valence-electron chi connectivity index (χ3n) is 3.00.